The van der Waals surface area contributed by atoms with Gasteiger partial charge in [-0.3, -0.25) is 9.79 Å². The Kier molecular flexibility index (Phi) is 2.74. The molecule has 2 atom stereocenters. The number of hydrogen-bond donors (Lipinski definition) is 1. The van der Waals surface area contributed by atoms with Crippen LogP contribution in [0, 0.1) is 5.92 Å². The second-order valence-electron chi connectivity index (χ2n) is 5.31. The molecular weight excluding hydrogens is 264 g/mol. The van der Waals surface area contributed by atoms with Gasteiger partial charge in [-0.1, -0.05) is 18.2 Å². The number of ketones is 1. The van der Waals surface area contributed by atoms with Gasteiger partial charge in [0.2, 0.25) is 0 Å². The van der Waals surface area contributed by atoms with Crippen LogP contribution in [0.3, 0.4) is 0 Å². The van der Waals surface area contributed by atoms with Crippen LogP contribution in [0.4, 0.5) is 11.4 Å². The monoisotopic (exact) mass is 278 g/mol. The molecule has 2 aromatic rings. The van der Waals surface area contributed by atoms with E-state index in [2.05, 4.69) is 16.4 Å². The number of fused-ring (bicyclic) bond motifs is 2. The number of Topliss-reactive ketones (excluding diaryl/α,β-unsaturated/α-hetero) is 1. The number of rotatable bonds is 1. The maximum atomic E-state index is 12.4. The third-order valence-corrected chi connectivity index (χ3v) is 3.94. The average Bonchev–Trinajstić information content (AvgIpc) is 2.95. The van der Waals surface area contributed by atoms with Crippen LogP contribution in [0.25, 0.3) is 0 Å². The molecule has 1 aliphatic heterocycles. The molecule has 0 unspecified atom stereocenters. The quantitative estimate of drug-likeness (QED) is 0.866. The first-order valence-electron chi connectivity index (χ1n) is 6.99. The molecule has 1 aromatic heterocycles. The molecule has 2 heterocycles. The number of nitrogens with zero attached hydrogens (tertiary/aromatic N) is 1. The molecule has 0 saturated heterocycles. The van der Waals surface area contributed by atoms with Crippen LogP contribution in [0.2, 0.25) is 0 Å². The lowest BCUT2D eigenvalue weighted by molar-refractivity contribution is -0.120. The van der Waals surface area contributed by atoms with E-state index in [-0.39, 0.29) is 17.6 Å². The zero-order valence-corrected chi connectivity index (χ0v) is 11.3. The van der Waals surface area contributed by atoms with E-state index in [4.69, 9.17) is 4.42 Å². The summed E-state index contributed by atoms with van der Waals surface area (Å²) in [7, 11) is 0. The van der Waals surface area contributed by atoms with Crippen molar-refractivity contribution >= 4 is 23.4 Å². The van der Waals surface area contributed by atoms with Crippen LogP contribution in [-0.2, 0) is 4.79 Å². The van der Waals surface area contributed by atoms with E-state index in [0.717, 1.165) is 22.8 Å². The van der Waals surface area contributed by atoms with E-state index >= 15 is 0 Å². The largest absolute Gasteiger partial charge is 0.469 e. The van der Waals surface area contributed by atoms with Crippen LogP contribution in [-0.4, -0.2) is 12.0 Å². The lowest BCUT2D eigenvalue weighted by Gasteiger charge is -2.24. The fraction of sp³-hybridized carbons (Fsp3) is 0.176. The molecule has 0 fully saturated rings. The highest BCUT2D eigenvalue weighted by atomic mass is 16.3. The molecule has 0 bridgehead atoms. The maximum Gasteiger partial charge on any atom is 0.148 e. The molecule has 21 heavy (non-hydrogen) atoms. The highest BCUT2D eigenvalue weighted by Gasteiger charge is 2.32. The van der Waals surface area contributed by atoms with Crippen LogP contribution >= 0.6 is 0 Å². The Balaban J connectivity index is 1.76. The van der Waals surface area contributed by atoms with Gasteiger partial charge in [0, 0.05) is 24.3 Å². The smallest absolute Gasteiger partial charge is 0.148 e. The van der Waals surface area contributed by atoms with Crippen molar-refractivity contribution in [1.82, 2.24) is 0 Å². The topological polar surface area (TPSA) is 54.6 Å². The van der Waals surface area contributed by atoms with Gasteiger partial charge in [-0.15, -0.1) is 0 Å². The number of benzene rings is 1. The highest BCUT2D eigenvalue weighted by molar-refractivity contribution is 6.02. The number of carbonyl (C=O) groups is 1. The van der Waals surface area contributed by atoms with Gasteiger partial charge in [0.15, 0.2) is 0 Å². The predicted octanol–water partition coefficient (Wildman–Crippen LogP) is 3.66. The molecule has 104 valence electrons. The van der Waals surface area contributed by atoms with Gasteiger partial charge in [0.1, 0.15) is 11.5 Å². The van der Waals surface area contributed by atoms with Crippen molar-refractivity contribution in [3.05, 3.63) is 60.2 Å². The minimum absolute atomic E-state index is 0.00934. The van der Waals surface area contributed by atoms with Gasteiger partial charge >= 0.3 is 0 Å². The van der Waals surface area contributed by atoms with Crippen LogP contribution in [0.15, 0.2) is 63.8 Å². The summed E-state index contributed by atoms with van der Waals surface area (Å²) in [4.78, 5) is 16.9. The fourth-order valence-corrected chi connectivity index (χ4v) is 2.87. The van der Waals surface area contributed by atoms with Crippen molar-refractivity contribution < 1.29 is 9.21 Å². The normalized spacial score (nSPS) is 23.6. The lowest BCUT2D eigenvalue weighted by atomic mass is 9.84. The van der Waals surface area contributed by atoms with Gasteiger partial charge in [-0.25, -0.2) is 0 Å². The zero-order chi connectivity index (χ0) is 14.2. The first-order chi connectivity index (χ1) is 10.3. The number of carbonyl (C=O) groups excluding carboxylic acids is 1. The van der Waals surface area contributed by atoms with Crippen molar-refractivity contribution in [2.75, 3.05) is 5.32 Å². The number of anilines is 1. The molecule has 0 radical (unpaired) electrons. The first-order valence-corrected chi connectivity index (χ1v) is 6.99. The van der Waals surface area contributed by atoms with Gasteiger partial charge in [0.05, 0.1) is 23.6 Å². The Morgan fingerprint density at radius 2 is 2.10 bits per heavy atom. The SMILES string of the molecule is O=C1C[C@H](c2ccco2)C=C2Nc3ccccc3N=C[C@@H]12. The Labute approximate surface area is 122 Å². The summed E-state index contributed by atoms with van der Waals surface area (Å²) < 4.78 is 5.44. The van der Waals surface area contributed by atoms with Crippen LogP contribution in [0.1, 0.15) is 18.1 Å². The average molecular weight is 278 g/mol. The molecule has 4 nitrogen and oxygen atoms in total. The Bertz CT molecular complexity index is 744. The first kappa shape index (κ1) is 12.1. The molecule has 0 amide bonds. The molecule has 4 rings (SSSR count). The summed E-state index contributed by atoms with van der Waals surface area (Å²) in [5, 5.41) is 3.36. The van der Waals surface area contributed by atoms with E-state index in [1.165, 1.54) is 0 Å². The summed E-state index contributed by atoms with van der Waals surface area (Å²) >= 11 is 0. The number of para-hydroxylation sites is 2. The van der Waals surface area contributed by atoms with Gasteiger partial charge in [-0.2, -0.15) is 0 Å². The Hall–Kier alpha value is -2.62. The number of nitrogens with one attached hydrogen (secondary N) is 1. The maximum absolute atomic E-state index is 12.4. The summed E-state index contributed by atoms with van der Waals surface area (Å²) in [6, 6.07) is 11.6. The predicted molar refractivity (Wildman–Crippen MR) is 80.9 cm³/mol. The summed E-state index contributed by atoms with van der Waals surface area (Å²) in [5.41, 5.74) is 2.67. The van der Waals surface area contributed by atoms with Crippen molar-refractivity contribution in [2.24, 2.45) is 10.9 Å². The molecular formula is C17H14N2O2. The molecule has 1 aliphatic carbocycles. The Morgan fingerprint density at radius 1 is 1.19 bits per heavy atom. The van der Waals surface area contributed by atoms with Crippen molar-refractivity contribution in [3.8, 4) is 0 Å². The summed E-state index contributed by atoms with van der Waals surface area (Å²) in [6.45, 7) is 0. The van der Waals surface area contributed by atoms with E-state index < -0.39 is 0 Å². The van der Waals surface area contributed by atoms with E-state index in [9.17, 15) is 4.79 Å². The molecule has 1 N–H and O–H groups in total. The number of allylic oxidation sites excluding steroid dienone is 2. The molecule has 0 spiro atoms. The van der Waals surface area contributed by atoms with E-state index in [0.29, 0.717) is 6.42 Å². The highest BCUT2D eigenvalue weighted by Crippen LogP contribution is 2.36. The fourth-order valence-electron chi connectivity index (χ4n) is 2.87. The van der Waals surface area contributed by atoms with Crippen molar-refractivity contribution in [2.45, 2.75) is 12.3 Å². The molecule has 1 aromatic carbocycles. The standard InChI is InChI=1S/C17H14N2O2/c20-16-9-11(17-6-3-7-21-17)8-15-12(16)10-18-13-4-1-2-5-14(13)19-15/h1-8,10-12,19H,9H2/t11-,12-/m1/s1. The van der Waals surface area contributed by atoms with Crippen LogP contribution in [0.5, 0.6) is 0 Å². The second-order valence-corrected chi connectivity index (χ2v) is 5.31. The number of hydrogen-bond acceptors (Lipinski definition) is 4. The van der Waals surface area contributed by atoms with Crippen molar-refractivity contribution in [3.63, 3.8) is 0 Å². The summed E-state index contributed by atoms with van der Waals surface area (Å²) in [6.07, 6.45) is 5.91. The minimum Gasteiger partial charge on any atom is -0.469 e. The van der Waals surface area contributed by atoms with Gasteiger partial charge < -0.3 is 9.73 Å². The third kappa shape index (κ3) is 2.09. The Morgan fingerprint density at radius 3 is 2.95 bits per heavy atom. The number of furan rings is 1. The van der Waals surface area contributed by atoms with Crippen LogP contribution < -0.4 is 5.32 Å². The van der Waals surface area contributed by atoms with Gasteiger partial charge in [-0.05, 0) is 24.3 Å². The second kappa shape index (κ2) is 4.74. The zero-order valence-electron chi connectivity index (χ0n) is 11.3. The van der Waals surface area contributed by atoms with E-state index in [1.807, 2.05) is 36.4 Å². The molecule has 2 aliphatic rings. The molecule has 0 saturated carbocycles. The van der Waals surface area contributed by atoms with E-state index in [1.54, 1.807) is 12.5 Å². The summed E-state index contributed by atoms with van der Waals surface area (Å²) in [5.74, 6) is 0.692. The van der Waals surface area contributed by atoms with Gasteiger partial charge in [0.25, 0.3) is 0 Å². The number of aliphatic imine (C=N–C) groups is 1. The minimum atomic E-state index is -0.288. The van der Waals surface area contributed by atoms with Crippen molar-refractivity contribution in [1.29, 1.82) is 0 Å². The lowest BCUT2D eigenvalue weighted by Crippen LogP contribution is -2.27. The third-order valence-electron chi connectivity index (χ3n) is 3.94. The molecule has 4 heteroatoms.